The summed E-state index contributed by atoms with van der Waals surface area (Å²) in [7, 11) is 0. The molecule has 0 amide bonds. The second-order valence-electron chi connectivity index (χ2n) is 4.33. The molecule has 0 aliphatic rings. The van der Waals surface area contributed by atoms with Gasteiger partial charge in [-0.3, -0.25) is 0 Å². The molecule has 0 unspecified atom stereocenters. The number of rotatable bonds is 8. The van der Waals surface area contributed by atoms with Crippen LogP contribution in [0.15, 0.2) is 0 Å². The molecule has 0 radical (unpaired) electrons. The van der Waals surface area contributed by atoms with E-state index >= 15 is 0 Å². The third-order valence-electron chi connectivity index (χ3n) is 2.38. The fraction of sp³-hybridized carbons (Fsp3) is 0.667. The summed E-state index contributed by atoms with van der Waals surface area (Å²) < 4.78 is 9.48. The van der Waals surface area contributed by atoms with Crippen LogP contribution in [0.4, 0.5) is 5.00 Å². The van der Waals surface area contributed by atoms with Gasteiger partial charge in [0.1, 0.15) is 10.6 Å². The first kappa shape index (κ1) is 14.9. The summed E-state index contributed by atoms with van der Waals surface area (Å²) in [5, 5.41) is 12.8. The van der Waals surface area contributed by atoms with Crippen molar-refractivity contribution >= 4 is 22.5 Å². The number of hydrogen-bond acceptors (Lipinski definition) is 5. The number of nitrogens with one attached hydrogen (secondary N) is 1. The first-order valence-electron chi connectivity index (χ1n) is 6.07. The van der Waals surface area contributed by atoms with Crippen LogP contribution in [0.1, 0.15) is 42.7 Å². The molecule has 0 spiro atoms. The lowest BCUT2D eigenvalue weighted by Gasteiger charge is -2.08. The summed E-state index contributed by atoms with van der Waals surface area (Å²) in [5.41, 5.74) is 0.858. The SMILES string of the molecule is Cc1nsc(NCCCCOC(C)C)c1C(=O)O. The Kier molecular flexibility index (Phi) is 6.07. The molecule has 0 fully saturated rings. The lowest BCUT2D eigenvalue weighted by atomic mass is 10.2. The maximum Gasteiger partial charge on any atom is 0.340 e. The molecule has 0 bridgehead atoms. The van der Waals surface area contributed by atoms with Crippen molar-refractivity contribution < 1.29 is 14.6 Å². The van der Waals surface area contributed by atoms with Gasteiger partial charge in [0, 0.05) is 13.2 Å². The van der Waals surface area contributed by atoms with Gasteiger partial charge < -0.3 is 15.2 Å². The quantitative estimate of drug-likeness (QED) is 0.712. The number of nitrogens with zero attached hydrogens (tertiary/aromatic N) is 1. The largest absolute Gasteiger partial charge is 0.478 e. The van der Waals surface area contributed by atoms with Crippen molar-refractivity contribution in [3.63, 3.8) is 0 Å². The molecular weight excluding hydrogens is 252 g/mol. The number of ether oxygens (including phenoxy) is 1. The second-order valence-corrected chi connectivity index (χ2v) is 5.10. The van der Waals surface area contributed by atoms with Crippen molar-refractivity contribution in [1.82, 2.24) is 4.37 Å². The van der Waals surface area contributed by atoms with Gasteiger partial charge in [0.2, 0.25) is 0 Å². The van der Waals surface area contributed by atoms with E-state index in [1.54, 1.807) is 6.92 Å². The minimum Gasteiger partial charge on any atom is -0.478 e. The fourth-order valence-electron chi connectivity index (χ4n) is 1.49. The van der Waals surface area contributed by atoms with Gasteiger partial charge in [-0.2, -0.15) is 4.37 Å². The first-order valence-corrected chi connectivity index (χ1v) is 6.84. The Labute approximate surface area is 111 Å². The lowest BCUT2D eigenvalue weighted by Crippen LogP contribution is -2.08. The predicted octanol–water partition coefficient (Wildman–Crippen LogP) is 2.77. The molecule has 1 rings (SSSR count). The Morgan fingerprint density at radius 2 is 2.22 bits per heavy atom. The molecule has 6 heteroatoms. The van der Waals surface area contributed by atoms with Crippen LogP contribution in [-0.4, -0.2) is 34.7 Å². The molecule has 102 valence electrons. The standard InChI is InChI=1S/C12H20N2O3S/c1-8(2)17-7-5-4-6-13-11-10(12(15)16)9(3)14-18-11/h8,13H,4-7H2,1-3H3,(H,15,16). The van der Waals surface area contributed by atoms with E-state index in [0.29, 0.717) is 16.3 Å². The van der Waals surface area contributed by atoms with Crippen molar-refractivity contribution in [2.75, 3.05) is 18.5 Å². The van der Waals surface area contributed by atoms with E-state index in [1.807, 2.05) is 13.8 Å². The van der Waals surface area contributed by atoms with E-state index in [2.05, 4.69) is 9.69 Å². The number of carboxylic acids is 1. The van der Waals surface area contributed by atoms with Crippen molar-refractivity contribution in [3.05, 3.63) is 11.3 Å². The highest BCUT2D eigenvalue weighted by molar-refractivity contribution is 7.10. The average Bonchev–Trinajstić information content (AvgIpc) is 2.64. The molecule has 18 heavy (non-hydrogen) atoms. The van der Waals surface area contributed by atoms with E-state index in [1.165, 1.54) is 11.5 Å². The highest BCUT2D eigenvalue weighted by atomic mass is 32.1. The number of carbonyl (C=O) groups is 1. The first-order chi connectivity index (χ1) is 8.52. The number of aryl methyl sites for hydroxylation is 1. The zero-order valence-corrected chi connectivity index (χ0v) is 11.8. The van der Waals surface area contributed by atoms with Crippen LogP contribution >= 0.6 is 11.5 Å². The molecular formula is C12H20N2O3S. The number of anilines is 1. The van der Waals surface area contributed by atoms with Crippen LogP contribution < -0.4 is 5.32 Å². The number of carboxylic acid groups (broad SMARTS) is 1. The van der Waals surface area contributed by atoms with Gasteiger partial charge in [0.15, 0.2) is 0 Å². The van der Waals surface area contributed by atoms with Gasteiger partial charge in [-0.05, 0) is 45.1 Å². The van der Waals surface area contributed by atoms with E-state index < -0.39 is 5.97 Å². The maximum atomic E-state index is 11.0. The van der Waals surface area contributed by atoms with Crippen LogP contribution in [0.25, 0.3) is 0 Å². The molecule has 1 aromatic rings. The molecule has 0 aliphatic carbocycles. The summed E-state index contributed by atoms with van der Waals surface area (Å²) in [6.45, 7) is 7.22. The van der Waals surface area contributed by atoms with E-state index in [0.717, 1.165) is 26.0 Å². The number of aromatic carboxylic acids is 1. The van der Waals surface area contributed by atoms with Gasteiger partial charge in [-0.15, -0.1) is 0 Å². The Balaban J connectivity index is 2.29. The maximum absolute atomic E-state index is 11.0. The minimum absolute atomic E-state index is 0.265. The van der Waals surface area contributed by atoms with Gasteiger partial charge >= 0.3 is 5.97 Å². The molecule has 0 saturated carbocycles. The van der Waals surface area contributed by atoms with Gasteiger partial charge in [-0.25, -0.2) is 4.79 Å². The Hall–Kier alpha value is -1.14. The minimum atomic E-state index is -0.924. The lowest BCUT2D eigenvalue weighted by molar-refractivity contribution is 0.0696. The highest BCUT2D eigenvalue weighted by Gasteiger charge is 2.16. The van der Waals surface area contributed by atoms with Crippen LogP contribution in [0.3, 0.4) is 0 Å². The molecule has 0 aromatic carbocycles. The molecule has 0 aliphatic heterocycles. The van der Waals surface area contributed by atoms with Crippen molar-refractivity contribution in [2.24, 2.45) is 0 Å². The van der Waals surface area contributed by atoms with E-state index in [4.69, 9.17) is 9.84 Å². The fourth-order valence-corrected chi connectivity index (χ4v) is 2.30. The summed E-state index contributed by atoms with van der Waals surface area (Å²) in [6, 6.07) is 0. The van der Waals surface area contributed by atoms with E-state index in [-0.39, 0.29) is 6.10 Å². The number of aromatic nitrogens is 1. The van der Waals surface area contributed by atoms with E-state index in [9.17, 15) is 4.79 Å². The summed E-state index contributed by atoms with van der Waals surface area (Å²) in [4.78, 5) is 11.0. The number of unbranched alkanes of at least 4 members (excludes halogenated alkanes) is 1. The summed E-state index contributed by atoms with van der Waals surface area (Å²) >= 11 is 1.20. The summed E-state index contributed by atoms with van der Waals surface area (Å²) in [6.07, 6.45) is 2.18. The number of hydrogen-bond donors (Lipinski definition) is 2. The third kappa shape index (κ3) is 4.62. The Bertz CT molecular complexity index is 391. The van der Waals surface area contributed by atoms with Crippen LogP contribution in [0, 0.1) is 6.92 Å². The van der Waals surface area contributed by atoms with Crippen molar-refractivity contribution in [1.29, 1.82) is 0 Å². The highest BCUT2D eigenvalue weighted by Crippen LogP contribution is 2.24. The molecule has 1 aromatic heterocycles. The van der Waals surface area contributed by atoms with Crippen LogP contribution in [0.5, 0.6) is 0 Å². The van der Waals surface area contributed by atoms with Crippen molar-refractivity contribution in [3.8, 4) is 0 Å². The molecule has 5 nitrogen and oxygen atoms in total. The molecule has 0 saturated heterocycles. The Morgan fingerprint density at radius 1 is 1.50 bits per heavy atom. The second kappa shape index (κ2) is 7.33. The van der Waals surface area contributed by atoms with Gasteiger partial charge in [-0.1, -0.05) is 0 Å². The van der Waals surface area contributed by atoms with Gasteiger partial charge in [0.25, 0.3) is 0 Å². The topological polar surface area (TPSA) is 71.5 Å². The van der Waals surface area contributed by atoms with Gasteiger partial charge in [0.05, 0.1) is 11.8 Å². The zero-order valence-electron chi connectivity index (χ0n) is 11.0. The Morgan fingerprint density at radius 3 is 2.83 bits per heavy atom. The zero-order chi connectivity index (χ0) is 13.5. The van der Waals surface area contributed by atoms with Crippen LogP contribution in [-0.2, 0) is 4.74 Å². The smallest absolute Gasteiger partial charge is 0.340 e. The van der Waals surface area contributed by atoms with Crippen LogP contribution in [0.2, 0.25) is 0 Å². The van der Waals surface area contributed by atoms with Crippen molar-refractivity contribution in [2.45, 2.75) is 39.7 Å². The molecule has 0 atom stereocenters. The summed E-state index contributed by atoms with van der Waals surface area (Å²) in [5.74, 6) is -0.924. The third-order valence-corrected chi connectivity index (χ3v) is 3.28. The average molecular weight is 272 g/mol. The molecule has 1 heterocycles. The normalized spacial score (nSPS) is 10.9. The predicted molar refractivity (Wildman–Crippen MR) is 72.6 cm³/mol. The molecule has 2 N–H and O–H groups in total. The monoisotopic (exact) mass is 272 g/mol.